The van der Waals surface area contributed by atoms with Gasteiger partial charge in [-0.2, -0.15) is 0 Å². The maximum atomic E-state index is 12.4. The molecule has 0 heterocycles. The van der Waals surface area contributed by atoms with Crippen molar-refractivity contribution >= 4 is 34.8 Å². The number of benzene rings is 2. The van der Waals surface area contributed by atoms with Gasteiger partial charge in [-0.25, -0.2) is 0 Å². The Kier molecular flexibility index (Phi) is 6.73. The fraction of sp³-hybridized carbons (Fsp3) is 0.222. The standard InChI is InChI=1S/C18H18ClN3O5/c1-11(23)20-16(12-3-6-14(27-2)7-4-12)10-18(24)21-13-5-8-15(19)17(9-13)22(25)26/h3-9,16H,10H2,1-2H3,(H,20,23)(H,21,24). The van der Waals surface area contributed by atoms with Crippen LogP contribution in [-0.4, -0.2) is 23.8 Å². The van der Waals surface area contributed by atoms with E-state index < -0.39 is 16.9 Å². The maximum absolute atomic E-state index is 12.4. The van der Waals surface area contributed by atoms with Gasteiger partial charge in [-0.15, -0.1) is 0 Å². The Morgan fingerprint density at radius 1 is 1.22 bits per heavy atom. The van der Waals surface area contributed by atoms with Crippen LogP contribution in [0.4, 0.5) is 11.4 Å². The molecule has 1 atom stereocenters. The number of anilines is 1. The van der Waals surface area contributed by atoms with Crippen LogP contribution in [-0.2, 0) is 9.59 Å². The summed E-state index contributed by atoms with van der Waals surface area (Å²) >= 11 is 5.76. The van der Waals surface area contributed by atoms with Crippen LogP contribution in [0.3, 0.4) is 0 Å². The van der Waals surface area contributed by atoms with Crippen LogP contribution in [0.2, 0.25) is 5.02 Å². The number of hydrogen-bond acceptors (Lipinski definition) is 5. The summed E-state index contributed by atoms with van der Waals surface area (Å²) in [5.41, 5.74) is 0.665. The molecule has 8 nitrogen and oxygen atoms in total. The molecule has 2 amide bonds. The van der Waals surface area contributed by atoms with Crippen LogP contribution < -0.4 is 15.4 Å². The number of nitrogens with one attached hydrogen (secondary N) is 2. The Balaban J connectivity index is 2.14. The lowest BCUT2D eigenvalue weighted by molar-refractivity contribution is -0.384. The van der Waals surface area contributed by atoms with Crippen molar-refractivity contribution in [3.8, 4) is 5.75 Å². The van der Waals surface area contributed by atoms with Gasteiger partial charge in [-0.05, 0) is 29.8 Å². The van der Waals surface area contributed by atoms with Crippen LogP contribution in [0.5, 0.6) is 5.75 Å². The van der Waals surface area contributed by atoms with E-state index in [-0.39, 0.29) is 28.7 Å². The van der Waals surface area contributed by atoms with Crippen molar-refractivity contribution in [1.29, 1.82) is 0 Å². The average Bonchev–Trinajstić information content (AvgIpc) is 2.62. The number of nitro groups is 1. The molecule has 2 aromatic rings. The zero-order chi connectivity index (χ0) is 20.0. The van der Waals surface area contributed by atoms with Gasteiger partial charge < -0.3 is 15.4 Å². The number of methoxy groups -OCH3 is 1. The summed E-state index contributed by atoms with van der Waals surface area (Å²) in [6.07, 6.45) is -0.0532. The van der Waals surface area contributed by atoms with Gasteiger partial charge >= 0.3 is 0 Å². The van der Waals surface area contributed by atoms with Gasteiger partial charge in [0.2, 0.25) is 11.8 Å². The third-order valence-electron chi connectivity index (χ3n) is 3.71. The van der Waals surface area contributed by atoms with E-state index in [9.17, 15) is 19.7 Å². The highest BCUT2D eigenvalue weighted by atomic mass is 35.5. The molecule has 2 rings (SSSR count). The molecule has 2 aromatic carbocycles. The number of hydrogen-bond donors (Lipinski definition) is 2. The molecule has 0 spiro atoms. The molecule has 9 heteroatoms. The third kappa shape index (κ3) is 5.68. The van der Waals surface area contributed by atoms with E-state index in [0.29, 0.717) is 5.75 Å². The molecular formula is C18H18ClN3O5. The quantitative estimate of drug-likeness (QED) is 0.554. The Bertz CT molecular complexity index is 855. The Morgan fingerprint density at radius 2 is 1.89 bits per heavy atom. The monoisotopic (exact) mass is 391 g/mol. The first-order valence-corrected chi connectivity index (χ1v) is 8.32. The summed E-state index contributed by atoms with van der Waals surface area (Å²) in [5, 5.41) is 16.2. The van der Waals surface area contributed by atoms with Gasteiger partial charge in [0.25, 0.3) is 5.69 Å². The van der Waals surface area contributed by atoms with Gasteiger partial charge in [0, 0.05) is 18.7 Å². The summed E-state index contributed by atoms with van der Waals surface area (Å²) < 4.78 is 5.10. The fourth-order valence-corrected chi connectivity index (χ4v) is 2.65. The zero-order valence-corrected chi connectivity index (χ0v) is 15.4. The van der Waals surface area contributed by atoms with Crippen molar-refractivity contribution in [3.05, 3.63) is 63.2 Å². The molecule has 0 aliphatic rings. The maximum Gasteiger partial charge on any atom is 0.289 e. The van der Waals surface area contributed by atoms with Crippen molar-refractivity contribution in [2.24, 2.45) is 0 Å². The van der Waals surface area contributed by atoms with E-state index in [2.05, 4.69) is 10.6 Å². The minimum atomic E-state index is -0.630. The summed E-state index contributed by atoms with van der Waals surface area (Å²) in [6, 6.07) is 10.4. The molecule has 0 fully saturated rings. The number of ether oxygens (including phenoxy) is 1. The molecule has 142 valence electrons. The number of carbonyl (C=O) groups excluding carboxylic acids is 2. The average molecular weight is 392 g/mol. The van der Waals surface area contributed by atoms with Crippen LogP contribution in [0.15, 0.2) is 42.5 Å². The molecule has 0 aliphatic carbocycles. The van der Waals surface area contributed by atoms with Gasteiger partial charge in [-0.3, -0.25) is 19.7 Å². The van der Waals surface area contributed by atoms with E-state index in [4.69, 9.17) is 16.3 Å². The molecule has 0 radical (unpaired) electrons. The van der Waals surface area contributed by atoms with Crippen molar-refractivity contribution in [3.63, 3.8) is 0 Å². The van der Waals surface area contributed by atoms with Crippen LogP contribution in [0.1, 0.15) is 24.9 Å². The summed E-state index contributed by atoms with van der Waals surface area (Å²) in [6.45, 7) is 1.36. The normalized spacial score (nSPS) is 11.4. The number of amides is 2. The summed E-state index contributed by atoms with van der Waals surface area (Å²) in [4.78, 5) is 34.2. The lowest BCUT2D eigenvalue weighted by Gasteiger charge is -2.18. The van der Waals surface area contributed by atoms with Crippen molar-refractivity contribution in [2.45, 2.75) is 19.4 Å². The Morgan fingerprint density at radius 3 is 2.44 bits per heavy atom. The third-order valence-corrected chi connectivity index (χ3v) is 4.03. The number of nitrogens with zero attached hydrogens (tertiary/aromatic N) is 1. The molecule has 2 N–H and O–H groups in total. The number of halogens is 1. The predicted octanol–water partition coefficient (Wildman–Crippen LogP) is 3.46. The number of nitro benzene ring substituents is 1. The summed E-state index contributed by atoms with van der Waals surface area (Å²) in [7, 11) is 1.54. The van der Waals surface area contributed by atoms with Crippen molar-refractivity contribution in [2.75, 3.05) is 12.4 Å². The first kappa shape index (κ1) is 20.2. The predicted molar refractivity (Wildman–Crippen MR) is 101 cm³/mol. The molecule has 0 saturated heterocycles. The molecule has 0 saturated carbocycles. The zero-order valence-electron chi connectivity index (χ0n) is 14.7. The molecule has 0 aromatic heterocycles. The first-order valence-electron chi connectivity index (χ1n) is 7.95. The first-order chi connectivity index (χ1) is 12.8. The molecule has 27 heavy (non-hydrogen) atoms. The number of carbonyl (C=O) groups is 2. The second-order valence-corrected chi connectivity index (χ2v) is 6.11. The van der Waals surface area contributed by atoms with Gasteiger partial charge in [0.15, 0.2) is 0 Å². The molecule has 0 bridgehead atoms. The van der Waals surface area contributed by atoms with E-state index in [0.717, 1.165) is 5.56 Å². The van der Waals surface area contributed by atoms with Gasteiger partial charge in [0.1, 0.15) is 10.8 Å². The largest absolute Gasteiger partial charge is 0.497 e. The minimum absolute atomic E-state index is 0.0210. The van der Waals surface area contributed by atoms with Crippen molar-refractivity contribution < 1.29 is 19.2 Å². The lowest BCUT2D eigenvalue weighted by Crippen LogP contribution is -2.29. The molecule has 1 unspecified atom stereocenters. The van der Waals surface area contributed by atoms with Crippen LogP contribution in [0, 0.1) is 10.1 Å². The highest BCUT2D eigenvalue weighted by Crippen LogP contribution is 2.28. The van der Waals surface area contributed by atoms with E-state index in [1.807, 2.05) is 0 Å². The van der Waals surface area contributed by atoms with E-state index in [1.165, 1.54) is 25.1 Å². The second-order valence-electron chi connectivity index (χ2n) is 5.70. The topological polar surface area (TPSA) is 111 Å². The molecule has 0 aliphatic heterocycles. The summed E-state index contributed by atoms with van der Waals surface area (Å²) in [5.74, 6) is -0.0508. The van der Waals surface area contributed by atoms with Gasteiger partial charge in [0.05, 0.1) is 24.5 Å². The highest BCUT2D eigenvalue weighted by molar-refractivity contribution is 6.32. The lowest BCUT2D eigenvalue weighted by atomic mass is 10.0. The number of rotatable bonds is 7. The van der Waals surface area contributed by atoms with Gasteiger partial charge in [-0.1, -0.05) is 23.7 Å². The van der Waals surface area contributed by atoms with Crippen molar-refractivity contribution in [1.82, 2.24) is 5.32 Å². The van der Waals surface area contributed by atoms with E-state index in [1.54, 1.807) is 31.4 Å². The fourth-order valence-electron chi connectivity index (χ4n) is 2.46. The highest BCUT2D eigenvalue weighted by Gasteiger charge is 2.19. The molecular weight excluding hydrogens is 374 g/mol. The minimum Gasteiger partial charge on any atom is -0.497 e. The second kappa shape index (κ2) is 9.00. The van der Waals surface area contributed by atoms with Crippen LogP contribution in [0.25, 0.3) is 0 Å². The SMILES string of the molecule is COc1ccc(C(CC(=O)Nc2ccc(Cl)c([N+](=O)[O-])c2)NC(C)=O)cc1. The Hall–Kier alpha value is -3.13. The Labute approximate surface area is 160 Å². The smallest absolute Gasteiger partial charge is 0.289 e. The van der Waals surface area contributed by atoms with Crippen LogP contribution >= 0.6 is 11.6 Å². The van der Waals surface area contributed by atoms with E-state index >= 15 is 0 Å².